The molecule has 0 aliphatic carbocycles. The molecular formula is C10H4F12O2S. The predicted molar refractivity (Wildman–Crippen MR) is 56.3 cm³/mol. The predicted octanol–water partition coefficient (Wildman–Crippen LogP) is 4.37. The van der Waals surface area contributed by atoms with E-state index in [0.717, 1.165) is 0 Å². The van der Waals surface area contributed by atoms with Crippen molar-refractivity contribution in [3.63, 3.8) is 0 Å². The van der Waals surface area contributed by atoms with E-state index in [0.29, 0.717) is 0 Å². The second kappa shape index (κ2) is 5.64. The lowest BCUT2D eigenvalue weighted by atomic mass is 9.86. The highest BCUT2D eigenvalue weighted by molar-refractivity contribution is 7.10. The number of rotatable bonds is 2. The molecule has 0 unspecified atom stereocenters. The summed E-state index contributed by atoms with van der Waals surface area (Å²) in [7, 11) is 0. The fourth-order valence-electron chi connectivity index (χ4n) is 1.76. The van der Waals surface area contributed by atoms with Crippen molar-refractivity contribution in [2.75, 3.05) is 0 Å². The monoisotopic (exact) mass is 416 g/mol. The molecule has 0 amide bonds. The molecule has 0 fully saturated rings. The summed E-state index contributed by atoms with van der Waals surface area (Å²) in [6.07, 6.45) is -26.9. The maximum Gasteiger partial charge on any atom is 0.431 e. The number of alkyl halides is 12. The first-order valence-corrected chi connectivity index (χ1v) is 6.41. The van der Waals surface area contributed by atoms with Crippen molar-refractivity contribution in [2.24, 2.45) is 0 Å². The van der Waals surface area contributed by atoms with Crippen LogP contribution in [0.25, 0.3) is 0 Å². The van der Waals surface area contributed by atoms with Gasteiger partial charge < -0.3 is 10.2 Å². The Kier molecular flexibility index (Phi) is 4.92. The first kappa shape index (κ1) is 21.8. The van der Waals surface area contributed by atoms with Gasteiger partial charge in [-0.25, -0.2) is 0 Å². The van der Waals surface area contributed by atoms with E-state index in [1.807, 2.05) is 0 Å². The molecule has 0 saturated heterocycles. The van der Waals surface area contributed by atoms with E-state index in [1.54, 1.807) is 0 Å². The smallest absolute Gasteiger partial charge is 0.369 e. The van der Waals surface area contributed by atoms with E-state index in [2.05, 4.69) is 0 Å². The van der Waals surface area contributed by atoms with Gasteiger partial charge >= 0.3 is 24.7 Å². The molecule has 25 heavy (non-hydrogen) atoms. The minimum atomic E-state index is -6.74. The van der Waals surface area contributed by atoms with E-state index in [1.165, 1.54) is 0 Å². The zero-order valence-corrected chi connectivity index (χ0v) is 11.8. The minimum absolute atomic E-state index is 0.00949. The largest absolute Gasteiger partial charge is 0.431 e. The average molecular weight is 416 g/mol. The van der Waals surface area contributed by atoms with E-state index in [-0.39, 0.29) is 5.38 Å². The Hall–Kier alpha value is -1.22. The lowest BCUT2D eigenvalue weighted by Crippen LogP contribution is -2.58. The van der Waals surface area contributed by atoms with Gasteiger partial charge in [0.15, 0.2) is 0 Å². The van der Waals surface area contributed by atoms with Crippen molar-refractivity contribution in [2.45, 2.75) is 35.9 Å². The topological polar surface area (TPSA) is 40.5 Å². The van der Waals surface area contributed by atoms with Crippen LogP contribution in [0, 0.1) is 0 Å². The third kappa shape index (κ3) is 3.05. The molecule has 0 aliphatic rings. The number of thiophene rings is 1. The van der Waals surface area contributed by atoms with Gasteiger partial charge in [-0.3, -0.25) is 0 Å². The van der Waals surface area contributed by atoms with Crippen LogP contribution in [0.2, 0.25) is 0 Å². The molecule has 1 heterocycles. The highest BCUT2D eigenvalue weighted by atomic mass is 32.1. The summed E-state index contributed by atoms with van der Waals surface area (Å²) in [5.74, 6) is 0. The first-order valence-electron chi connectivity index (χ1n) is 5.53. The van der Waals surface area contributed by atoms with Crippen LogP contribution in [-0.2, 0) is 11.2 Å². The number of halogens is 12. The lowest BCUT2D eigenvalue weighted by Gasteiger charge is -2.37. The quantitative estimate of drug-likeness (QED) is 0.704. The van der Waals surface area contributed by atoms with Crippen LogP contribution in [0.1, 0.15) is 10.4 Å². The molecule has 0 aliphatic heterocycles. The van der Waals surface area contributed by atoms with Crippen LogP contribution in [0.4, 0.5) is 52.7 Å². The van der Waals surface area contributed by atoms with Crippen molar-refractivity contribution < 1.29 is 62.9 Å². The van der Waals surface area contributed by atoms with Crippen LogP contribution in [0.3, 0.4) is 0 Å². The van der Waals surface area contributed by atoms with Gasteiger partial charge in [0.05, 0.1) is 4.88 Å². The Bertz CT molecular complexity index is 539. The summed E-state index contributed by atoms with van der Waals surface area (Å²) in [5, 5.41) is 18.1. The molecule has 1 rings (SSSR count). The molecule has 0 radical (unpaired) electrons. The molecule has 1 aromatic rings. The van der Waals surface area contributed by atoms with Crippen molar-refractivity contribution in [1.29, 1.82) is 0 Å². The summed E-state index contributed by atoms with van der Waals surface area (Å²) in [4.78, 5) is -2.80. The number of hydrogen-bond donors (Lipinski definition) is 2. The molecule has 0 bridgehead atoms. The first-order chi connectivity index (χ1) is 10.7. The van der Waals surface area contributed by atoms with Gasteiger partial charge in [0.25, 0.3) is 11.2 Å². The van der Waals surface area contributed by atoms with Gasteiger partial charge in [0.2, 0.25) is 0 Å². The van der Waals surface area contributed by atoms with Crippen LogP contribution in [-0.4, -0.2) is 34.9 Å². The highest BCUT2D eigenvalue weighted by Gasteiger charge is 2.77. The third-order valence-electron chi connectivity index (χ3n) is 3.02. The molecule has 0 spiro atoms. The molecule has 0 atom stereocenters. The number of aliphatic hydroxyl groups is 2. The Balaban J connectivity index is 3.91. The number of hydrogen-bond acceptors (Lipinski definition) is 3. The standard InChI is InChI=1S/C10H4F12O2S/c11-7(12,13)5(23,8(14,15)16)3-1-2-25-4(3)6(24,9(17,18)19)10(20,21)22/h1-2,23-24H. The van der Waals surface area contributed by atoms with Gasteiger partial charge in [-0.1, -0.05) is 0 Å². The highest BCUT2D eigenvalue weighted by Crippen LogP contribution is 2.58. The van der Waals surface area contributed by atoms with Gasteiger partial charge in [-0.2, -0.15) is 52.7 Å². The Morgan fingerprint density at radius 2 is 0.920 bits per heavy atom. The minimum Gasteiger partial charge on any atom is -0.369 e. The fourth-order valence-corrected chi connectivity index (χ4v) is 2.84. The summed E-state index contributed by atoms with van der Waals surface area (Å²) >= 11 is -0.881. The zero-order valence-electron chi connectivity index (χ0n) is 11.0. The van der Waals surface area contributed by atoms with Gasteiger partial charge in [-0.05, 0) is 11.4 Å². The van der Waals surface area contributed by atoms with Crippen molar-refractivity contribution in [3.05, 3.63) is 21.9 Å². The van der Waals surface area contributed by atoms with Crippen LogP contribution < -0.4 is 0 Å². The van der Waals surface area contributed by atoms with Crippen LogP contribution in [0.5, 0.6) is 0 Å². The third-order valence-corrected chi connectivity index (χ3v) is 4.05. The normalized spacial score (nSPS) is 15.6. The summed E-state index contributed by atoms with van der Waals surface area (Å²) in [6.45, 7) is 0. The van der Waals surface area contributed by atoms with Gasteiger partial charge in [0.1, 0.15) is 0 Å². The molecule has 0 saturated carbocycles. The Labute approximate surface area is 133 Å². The average Bonchev–Trinajstić information content (AvgIpc) is 2.80. The Morgan fingerprint density at radius 1 is 0.600 bits per heavy atom. The SMILES string of the molecule is OC(c1ccsc1C(O)(C(F)(F)F)C(F)(F)F)(C(F)(F)F)C(F)(F)F. The van der Waals surface area contributed by atoms with Crippen molar-refractivity contribution in [3.8, 4) is 0 Å². The van der Waals surface area contributed by atoms with E-state index in [9.17, 15) is 52.7 Å². The summed E-state index contributed by atoms with van der Waals surface area (Å²) in [5.41, 5.74) is -15.0. The molecule has 2 nitrogen and oxygen atoms in total. The summed E-state index contributed by atoms with van der Waals surface area (Å²) < 4.78 is 153. The van der Waals surface area contributed by atoms with Crippen molar-refractivity contribution in [1.82, 2.24) is 0 Å². The Morgan fingerprint density at radius 3 is 1.20 bits per heavy atom. The molecule has 1 aromatic heterocycles. The van der Waals surface area contributed by atoms with Gasteiger partial charge in [-0.15, -0.1) is 11.3 Å². The molecular weight excluding hydrogens is 412 g/mol. The maximum atomic E-state index is 12.7. The lowest BCUT2D eigenvalue weighted by molar-refractivity contribution is -0.386. The second-order valence-corrected chi connectivity index (χ2v) is 5.49. The van der Waals surface area contributed by atoms with E-state index in [4.69, 9.17) is 10.2 Å². The van der Waals surface area contributed by atoms with Crippen LogP contribution in [0.15, 0.2) is 11.4 Å². The van der Waals surface area contributed by atoms with Crippen molar-refractivity contribution >= 4 is 11.3 Å². The molecule has 0 aromatic carbocycles. The molecule has 15 heteroatoms. The van der Waals surface area contributed by atoms with Gasteiger partial charge in [0, 0.05) is 5.56 Å². The van der Waals surface area contributed by atoms with E-state index >= 15 is 0 Å². The molecule has 146 valence electrons. The van der Waals surface area contributed by atoms with E-state index < -0.39 is 63.8 Å². The fraction of sp³-hybridized carbons (Fsp3) is 0.600. The summed E-state index contributed by atoms with van der Waals surface area (Å²) in [6, 6.07) is -0.427. The molecule has 2 N–H and O–H groups in total. The zero-order chi connectivity index (χ0) is 20.3. The maximum absolute atomic E-state index is 12.7. The van der Waals surface area contributed by atoms with Crippen LogP contribution >= 0.6 is 11.3 Å². The second-order valence-electron chi connectivity index (χ2n) is 4.58.